The van der Waals surface area contributed by atoms with Gasteiger partial charge in [0.1, 0.15) is 5.75 Å². The van der Waals surface area contributed by atoms with Crippen LogP contribution in [-0.2, 0) is 4.79 Å². The maximum absolute atomic E-state index is 12.6. The molecule has 1 amide bonds. The molecule has 0 spiro atoms. The Bertz CT molecular complexity index is 735. The molecule has 23 heavy (non-hydrogen) atoms. The second kappa shape index (κ2) is 6.68. The van der Waals surface area contributed by atoms with Crippen LogP contribution in [0.1, 0.15) is 17.2 Å². The van der Waals surface area contributed by atoms with E-state index in [1.807, 2.05) is 5.32 Å². The summed E-state index contributed by atoms with van der Waals surface area (Å²) in [5.74, 6) is -2.34. The smallest absolute Gasteiger partial charge is 0.471 e. The highest BCUT2D eigenvalue weighted by atomic mass is 35.5. The van der Waals surface area contributed by atoms with Crippen LogP contribution < -0.4 is 5.32 Å². The molecule has 3 nitrogen and oxygen atoms in total. The Hall–Kier alpha value is -1.92. The van der Waals surface area contributed by atoms with Crippen molar-refractivity contribution in [3.8, 4) is 5.75 Å². The average Bonchev–Trinajstić information content (AvgIpc) is 2.47. The summed E-state index contributed by atoms with van der Waals surface area (Å²) >= 11 is 12.0. The number of halogens is 5. The van der Waals surface area contributed by atoms with E-state index in [0.717, 1.165) is 0 Å². The summed E-state index contributed by atoms with van der Waals surface area (Å²) in [6, 6.07) is 8.59. The van der Waals surface area contributed by atoms with Gasteiger partial charge in [-0.1, -0.05) is 41.4 Å². The normalized spacial score (nSPS) is 12.7. The van der Waals surface area contributed by atoms with Crippen LogP contribution in [-0.4, -0.2) is 17.2 Å². The minimum absolute atomic E-state index is 0.0789. The van der Waals surface area contributed by atoms with Crippen LogP contribution >= 0.6 is 23.2 Å². The topological polar surface area (TPSA) is 49.3 Å². The first-order chi connectivity index (χ1) is 10.7. The standard InChI is InChI=1S/C15H10Cl2F3NO2/c16-11-4-2-1-3-9(11)13(21-14(23)15(18,19)20)10-7-8(22)5-6-12(10)17/h1-7,13,22H,(H,21,23)/t13-/m0/s1. The minimum Gasteiger partial charge on any atom is -0.508 e. The van der Waals surface area contributed by atoms with Gasteiger partial charge in [-0.2, -0.15) is 13.2 Å². The van der Waals surface area contributed by atoms with Gasteiger partial charge in [-0.25, -0.2) is 0 Å². The molecule has 0 bridgehead atoms. The highest BCUT2D eigenvalue weighted by Gasteiger charge is 2.40. The van der Waals surface area contributed by atoms with Crippen molar-refractivity contribution in [2.45, 2.75) is 12.2 Å². The van der Waals surface area contributed by atoms with E-state index in [4.69, 9.17) is 23.2 Å². The van der Waals surface area contributed by atoms with E-state index in [9.17, 15) is 23.1 Å². The van der Waals surface area contributed by atoms with E-state index in [-0.39, 0.29) is 26.9 Å². The van der Waals surface area contributed by atoms with E-state index in [2.05, 4.69) is 0 Å². The van der Waals surface area contributed by atoms with Crippen LogP contribution in [0.5, 0.6) is 5.75 Å². The molecule has 122 valence electrons. The first kappa shape index (κ1) is 17.4. The van der Waals surface area contributed by atoms with E-state index in [1.54, 1.807) is 12.1 Å². The largest absolute Gasteiger partial charge is 0.508 e. The van der Waals surface area contributed by atoms with Crippen molar-refractivity contribution in [1.29, 1.82) is 0 Å². The molecule has 2 N–H and O–H groups in total. The molecule has 2 rings (SSSR count). The third-order valence-corrected chi connectivity index (χ3v) is 3.73. The second-order valence-corrected chi connectivity index (χ2v) is 5.45. The molecule has 1 atom stereocenters. The van der Waals surface area contributed by atoms with Gasteiger partial charge in [0.25, 0.3) is 0 Å². The van der Waals surface area contributed by atoms with Crippen LogP contribution in [0.2, 0.25) is 10.0 Å². The minimum atomic E-state index is -5.07. The lowest BCUT2D eigenvalue weighted by molar-refractivity contribution is -0.174. The number of benzene rings is 2. The van der Waals surface area contributed by atoms with Crippen LogP contribution in [0.3, 0.4) is 0 Å². The van der Waals surface area contributed by atoms with Crippen LogP contribution in [0, 0.1) is 0 Å². The van der Waals surface area contributed by atoms with Gasteiger partial charge in [0.15, 0.2) is 0 Å². The summed E-state index contributed by atoms with van der Waals surface area (Å²) in [6.45, 7) is 0. The van der Waals surface area contributed by atoms with Crippen LogP contribution in [0.15, 0.2) is 42.5 Å². The predicted octanol–water partition coefficient (Wildman–Crippen LogP) is 4.47. The van der Waals surface area contributed by atoms with Crippen molar-refractivity contribution in [3.63, 3.8) is 0 Å². The van der Waals surface area contributed by atoms with Gasteiger partial charge in [0.2, 0.25) is 0 Å². The first-order valence-electron chi connectivity index (χ1n) is 6.30. The number of aromatic hydroxyl groups is 1. The monoisotopic (exact) mass is 363 g/mol. The van der Waals surface area contributed by atoms with E-state index >= 15 is 0 Å². The Kier molecular flexibility index (Phi) is 5.06. The fourth-order valence-corrected chi connectivity index (χ4v) is 2.47. The molecule has 2 aromatic rings. The highest BCUT2D eigenvalue weighted by molar-refractivity contribution is 6.32. The Labute approximate surface area is 139 Å². The molecule has 0 saturated carbocycles. The summed E-state index contributed by atoms with van der Waals surface area (Å²) in [5.41, 5.74) is 0.316. The van der Waals surface area contributed by atoms with Gasteiger partial charge >= 0.3 is 12.1 Å². The number of carbonyl (C=O) groups is 1. The number of phenols is 1. The maximum atomic E-state index is 12.6. The fraction of sp³-hybridized carbons (Fsp3) is 0.133. The number of phenolic OH excluding ortho intramolecular Hbond substituents is 1. The molecule has 0 aromatic heterocycles. The lowest BCUT2D eigenvalue weighted by atomic mass is 9.98. The second-order valence-electron chi connectivity index (χ2n) is 4.63. The van der Waals surface area contributed by atoms with E-state index in [1.165, 1.54) is 30.3 Å². The number of hydrogen-bond acceptors (Lipinski definition) is 2. The first-order valence-corrected chi connectivity index (χ1v) is 7.06. The summed E-state index contributed by atoms with van der Waals surface area (Å²) < 4.78 is 37.8. The van der Waals surface area contributed by atoms with Crippen LogP contribution in [0.25, 0.3) is 0 Å². The zero-order chi connectivity index (χ0) is 17.2. The fourth-order valence-electron chi connectivity index (χ4n) is 2.00. The molecule has 0 saturated heterocycles. The molecule has 0 unspecified atom stereocenters. The summed E-state index contributed by atoms with van der Waals surface area (Å²) in [6.07, 6.45) is -5.07. The number of amides is 1. The predicted molar refractivity (Wildman–Crippen MR) is 80.6 cm³/mol. The van der Waals surface area contributed by atoms with Gasteiger partial charge in [-0.3, -0.25) is 4.79 Å². The van der Waals surface area contributed by atoms with Crippen molar-refractivity contribution >= 4 is 29.1 Å². The van der Waals surface area contributed by atoms with Gasteiger partial charge < -0.3 is 10.4 Å². The SMILES string of the molecule is O=C(N[C@@H](c1ccccc1Cl)c1cc(O)ccc1Cl)C(F)(F)F. The number of hydrogen-bond donors (Lipinski definition) is 2. The summed E-state index contributed by atoms with van der Waals surface area (Å²) in [5, 5.41) is 11.7. The van der Waals surface area contributed by atoms with Crippen molar-refractivity contribution < 1.29 is 23.1 Å². The highest BCUT2D eigenvalue weighted by Crippen LogP contribution is 2.35. The maximum Gasteiger partial charge on any atom is 0.471 e. The molecule has 0 heterocycles. The number of nitrogens with one attached hydrogen (secondary N) is 1. The number of rotatable bonds is 3. The third kappa shape index (κ3) is 4.09. The average molecular weight is 364 g/mol. The van der Waals surface area contributed by atoms with Gasteiger partial charge in [-0.05, 0) is 29.8 Å². The quantitative estimate of drug-likeness (QED) is 0.845. The summed E-state index contributed by atoms with van der Waals surface area (Å²) in [7, 11) is 0. The van der Waals surface area contributed by atoms with E-state index < -0.39 is 18.1 Å². The zero-order valence-electron chi connectivity index (χ0n) is 11.4. The van der Waals surface area contributed by atoms with E-state index in [0.29, 0.717) is 0 Å². The Balaban J connectivity index is 2.54. The van der Waals surface area contributed by atoms with Crippen molar-refractivity contribution in [1.82, 2.24) is 5.32 Å². The molecule has 0 aliphatic rings. The number of carbonyl (C=O) groups excluding carboxylic acids is 1. The van der Waals surface area contributed by atoms with Gasteiger partial charge in [-0.15, -0.1) is 0 Å². The molecule has 0 radical (unpaired) electrons. The van der Waals surface area contributed by atoms with Gasteiger partial charge in [0.05, 0.1) is 6.04 Å². The zero-order valence-corrected chi connectivity index (χ0v) is 12.9. The van der Waals surface area contributed by atoms with Crippen molar-refractivity contribution in [2.75, 3.05) is 0 Å². The Morgan fingerprint density at radius 2 is 1.65 bits per heavy atom. The molecule has 0 fully saturated rings. The van der Waals surface area contributed by atoms with Crippen LogP contribution in [0.4, 0.5) is 13.2 Å². The molecule has 8 heteroatoms. The molecular formula is C15H10Cl2F3NO2. The van der Waals surface area contributed by atoms with Crippen molar-refractivity contribution in [2.24, 2.45) is 0 Å². The third-order valence-electron chi connectivity index (χ3n) is 3.04. The molecule has 2 aromatic carbocycles. The molecule has 0 aliphatic heterocycles. The molecule has 0 aliphatic carbocycles. The summed E-state index contributed by atoms with van der Waals surface area (Å²) in [4.78, 5) is 11.3. The van der Waals surface area contributed by atoms with Gasteiger partial charge in [0, 0.05) is 15.6 Å². The lowest BCUT2D eigenvalue weighted by Crippen LogP contribution is -2.39. The Morgan fingerprint density at radius 1 is 1.04 bits per heavy atom. The van der Waals surface area contributed by atoms with Crippen molar-refractivity contribution in [3.05, 3.63) is 63.6 Å². The lowest BCUT2D eigenvalue weighted by Gasteiger charge is -2.22. The Morgan fingerprint density at radius 3 is 2.26 bits per heavy atom. The number of alkyl halides is 3. The molecular weight excluding hydrogens is 354 g/mol.